The van der Waals surface area contributed by atoms with Crippen molar-refractivity contribution in [2.75, 3.05) is 5.32 Å². The van der Waals surface area contributed by atoms with Crippen LogP contribution in [0.4, 0.5) is 10.5 Å². The zero-order valence-electron chi connectivity index (χ0n) is 16.1. The van der Waals surface area contributed by atoms with Gasteiger partial charge in [0.15, 0.2) is 0 Å². The van der Waals surface area contributed by atoms with Crippen LogP contribution >= 0.6 is 0 Å². The summed E-state index contributed by atoms with van der Waals surface area (Å²) >= 11 is 0. The quantitative estimate of drug-likeness (QED) is 0.727. The molecule has 1 atom stereocenters. The molecule has 0 unspecified atom stereocenters. The van der Waals surface area contributed by atoms with Gasteiger partial charge in [0.05, 0.1) is 0 Å². The lowest BCUT2D eigenvalue weighted by molar-refractivity contribution is -0.120. The summed E-state index contributed by atoms with van der Waals surface area (Å²) in [6, 6.07) is 9.97. The van der Waals surface area contributed by atoms with Crippen LogP contribution in [0.2, 0.25) is 0 Å². The summed E-state index contributed by atoms with van der Waals surface area (Å²) in [4.78, 5) is 28.0. The summed E-state index contributed by atoms with van der Waals surface area (Å²) in [6.07, 6.45) is 3.46. The highest BCUT2D eigenvalue weighted by Gasteiger charge is 2.19. The van der Waals surface area contributed by atoms with Crippen molar-refractivity contribution < 1.29 is 14.3 Å². The van der Waals surface area contributed by atoms with E-state index in [-0.39, 0.29) is 0 Å². The predicted octanol–water partition coefficient (Wildman–Crippen LogP) is 3.09. The minimum atomic E-state index is -0.593. The third kappa shape index (κ3) is 7.35. The van der Waals surface area contributed by atoms with Crippen LogP contribution in [-0.4, -0.2) is 28.5 Å². The van der Waals surface area contributed by atoms with Crippen LogP contribution in [0.3, 0.4) is 0 Å². The largest absolute Gasteiger partial charge is 0.489 e. The first-order valence-corrected chi connectivity index (χ1v) is 8.74. The molecule has 3 amide bonds. The fourth-order valence-corrected chi connectivity index (χ4v) is 2.23. The van der Waals surface area contributed by atoms with Crippen molar-refractivity contribution in [3.8, 4) is 5.75 Å². The highest BCUT2D eigenvalue weighted by molar-refractivity contribution is 5.98. The number of rotatable bonds is 6. The molecule has 1 heterocycles. The summed E-state index contributed by atoms with van der Waals surface area (Å²) in [6.45, 7) is 7.62. The average molecular weight is 370 g/mol. The number of anilines is 1. The lowest BCUT2D eigenvalue weighted by Gasteiger charge is -2.21. The zero-order valence-corrected chi connectivity index (χ0v) is 16.1. The van der Waals surface area contributed by atoms with Crippen molar-refractivity contribution in [1.29, 1.82) is 0 Å². The predicted molar refractivity (Wildman–Crippen MR) is 105 cm³/mol. The second kappa shape index (κ2) is 9.02. The number of ether oxygens (including phenoxy) is 1. The molecule has 0 aliphatic heterocycles. The molecule has 1 aromatic carbocycles. The summed E-state index contributed by atoms with van der Waals surface area (Å²) in [5.41, 5.74) is 1.27. The van der Waals surface area contributed by atoms with Crippen molar-refractivity contribution in [3.05, 3.63) is 54.4 Å². The van der Waals surface area contributed by atoms with Gasteiger partial charge in [0.25, 0.3) is 0 Å². The maximum absolute atomic E-state index is 12.2. The summed E-state index contributed by atoms with van der Waals surface area (Å²) in [5, 5.41) is 8.08. The van der Waals surface area contributed by atoms with Gasteiger partial charge in [-0.1, -0.05) is 12.1 Å². The van der Waals surface area contributed by atoms with Gasteiger partial charge in [-0.15, -0.1) is 0 Å². The van der Waals surface area contributed by atoms with Gasteiger partial charge in [-0.2, -0.15) is 0 Å². The number of pyridine rings is 1. The molecule has 0 aliphatic rings. The average Bonchev–Trinajstić information content (AvgIpc) is 2.59. The Hall–Kier alpha value is -3.09. The third-order valence-electron chi connectivity index (χ3n) is 3.46. The Kier molecular flexibility index (Phi) is 6.76. The number of nitrogens with one attached hydrogen (secondary N) is 3. The van der Waals surface area contributed by atoms with E-state index in [0.717, 1.165) is 11.3 Å². The van der Waals surface area contributed by atoms with Gasteiger partial charge < -0.3 is 15.4 Å². The fraction of sp³-hybridized carbons (Fsp3) is 0.350. The molecular weight excluding hydrogens is 344 g/mol. The van der Waals surface area contributed by atoms with E-state index in [9.17, 15) is 9.59 Å². The highest BCUT2D eigenvalue weighted by atomic mass is 16.5. The maximum atomic E-state index is 12.2. The lowest BCUT2D eigenvalue weighted by Crippen LogP contribution is -2.51. The SMILES string of the molecule is C[C@@H](Nc1cccc(OCc2cccnc2)c1)C(=O)NC(=O)NC(C)(C)C. The van der Waals surface area contributed by atoms with Crippen LogP contribution in [0.5, 0.6) is 5.75 Å². The van der Waals surface area contributed by atoms with Crippen molar-refractivity contribution in [3.63, 3.8) is 0 Å². The van der Waals surface area contributed by atoms with Crippen LogP contribution in [0.15, 0.2) is 48.8 Å². The summed E-state index contributed by atoms with van der Waals surface area (Å²) in [7, 11) is 0. The number of benzene rings is 1. The first kappa shape index (κ1) is 20.2. The molecule has 7 heteroatoms. The number of urea groups is 1. The molecular formula is C20H26N4O3. The van der Waals surface area contributed by atoms with E-state index in [2.05, 4.69) is 20.9 Å². The van der Waals surface area contributed by atoms with Crippen LogP contribution in [0, 0.1) is 0 Å². The number of nitrogens with zero attached hydrogens (tertiary/aromatic N) is 1. The van der Waals surface area contributed by atoms with E-state index >= 15 is 0 Å². The number of carbonyl (C=O) groups is 2. The minimum Gasteiger partial charge on any atom is -0.489 e. The molecule has 0 bridgehead atoms. The second-order valence-electron chi connectivity index (χ2n) is 7.24. The van der Waals surface area contributed by atoms with E-state index in [0.29, 0.717) is 12.4 Å². The van der Waals surface area contributed by atoms with E-state index in [4.69, 9.17) is 4.74 Å². The lowest BCUT2D eigenvalue weighted by atomic mass is 10.1. The van der Waals surface area contributed by atoms with Crippen LogP contribution in [0.25, 0.3) is 0 Å². The van der Waals surface area contributed by atoms with E-state index in [1.165, 1.54) is 0 Å². The molecule has 0 spiro atoms. The van der Waals surface area contributed by atoms with E-state index < -0.39 is 23.5 Å². The molecule has 2 rings (SSSR count). The second-order valence-corrected chi connectivity index (χ2v) is 7.24. The van der Waals surface area contributed by atoms with Gasteiger partial charge in [-0.05, 0) is 45.9 Å². The fourth-order valence-electron chi connectivity index (χ4n) is 2.23. The normalized spacial score (nSPS) is 12.0. The summed E-state index contributed by atoms with van der Waals surface area (Å²) < 4.78 is 5.75. The topological polar surface area (TPSA) is 92.3 Å². The molecule has 27 heavy (non-hydrogen) atoms. The van der Waals surface area contributed by atoms with Gasteiger partial charge in [-0.3, -0.25) is 15.1 Å². The zero-order chi connectivity index (χ0) is 19.9. The van der Waals surface area contributed by atoms with Gasteiger partial charge in [0.2, 0.25) is 5.91 Å². The Labute approximate surface area is 159 Å². The van der Waals surface area contributed by atoms with Crippen molar-refractivity contribution in [2.24, 2.45) is 0 Å². The first-order valence-electron chi connectivity index (χ1n) is 8.74. The molecule has 0 radical (unpaired) electrons. The molecule has 0 aliphatic carbocycles. The number of hydrogen-bond acceptors (Lipinski definition) is 5. The van der Waals surface area contributed by atoms with Gasteiger partial charge >= 0.3 is 6.03 Å². The molecule has 144 valence electrons. The smallest absolute Gasteiger partial charge is 0.321 e. The third-order valence-corrected chi connectivity index (χ3v) is 3.46. The number of hydrogen-bond donors (Lipinski definition) is 3. The number of carbonyl (C=O) groups excluding carboxylic acids is 2. The molecule has 0 saturated carbocycles. The maximum Gasteiger partial charge on any atom is 0.321 e. The van der Waals surface area contributed by atoms with Gasteiger partial charge in [0.1, 0.15) is 18.4 Å². The molecule has 3 N–H and O–H groups in total. The van der Waals surface area contributed by atoms with Crippen LogP contribution in [0.1, 0.15) is 33.3 Å². The first-order chi connectivity index (χ1) is 12.7. The van der Waals surface area contributed by atoms with Crippen molar-refractivity contribution >= 4 is 17.6 Å². The molecule has 2 aromatic rings. The molecule has 7 nitrogen and oxygen atoms in total. The standard InChI is InChI=1S/C20H26N4O3/c1-14(18(25)23-19(26)24-20(2,3)4)22-16-8-5-9-17(11-16)27-13-15-7-6-10-21-12-15/h5-12,14,22H,13H2,1-4H3,(H2,23,24,25,26)/t14-/m1/s1. The molecule has 0 fully saturated rings. The Balaban J connectivity index is 1.88. The van der Waals surface area contributed by atoms with Gasteiger partial charge in [0, 0.05) is 35.2 Å². The van der Waals surface area contributed by atoms with Crippen LogP contribution < -0.4 is 20.7 Å². The van der Waals surface area contributed by atoms with E-state index in [1.54, 1.807) is 25.4 Å². The molecule has 0 saturated heterocycles. The Morgan fingerprint density at radius 1 is 1.19 bits per heavy atom. The summed E-state index contributed by atoms with van der Waals surface area (Å²) in [5.74, 6) is 0.250. The Morgan fingerprint density at radius 2 is 1.96 bits per heavy atom. The van der Waals surface area contributed by atoms with Crippen molar-refractivity contribution in [2.45, 2.75) is 45.9 Å². The van der Waals surface area contributed by atoms with E-state index in [1.807, 2.05) is 51.1 Å². The van der Waals surface area contributed by atoms with Gasteiger partial charge in [-0.25, -0.2) is 4.79 Å². The number of aromatic nitrogens is 1. The monoisotopic (exact) mass is 370 g/mol. The Morgan fingerprint density at radius 3 is 2.63 bits per heavy atom. The number of amides is 3. The van der Waals surface area contributed by atoms with Crippen LogP contribution in [-0.2, 0) is 11.4 Å². The van der Waals surface area contributed by atoms with Crippen molar-refractivity contribution in [1.82, 2.24) is 15.6 Å². The molecule has 1 aromatic heterocycles. The number of imide groups is 1. The minimum absolute atomic E-state index is 0.403. The Bertz CT molecular complexity index is 772. The highest BCUT2D eigenvalue weighted by Crippen LogP contribution is 2.19.